The molecule has 0 aliphatic carbocycles. The van der Waals surface area contributed by atoms with Gasteiger partial charge in [0, 0.05) is 18.1 Å². The van der Waals surface area contributed by atoms with Crippen LogP contribution in [0.4, 0.5) is 5.13 Å². The first kappa shape index (κ1) is 12.7. The molecule has 0 unspecified atom stereocenters. The predicted octanol–water partition coefficient (Wildman–Crippen LogP) is 1.71. The van der Waals surface area contributed by atoms with E-state index in [2.05, 4.69) is 45.9 Å². The van der Waals surface area contributed by atoms with Crippen LogP contribution in [0.25, 0.3) is 0 Å². The van der Waals surface area contributed by atoms with Gasteiger partial charge in [-0.05, 0) is 49.5 Å². The minimum atomic E-state index is 0.299. The van der Waals surface area contributed by atoms with Crippen LogP contribution < -0.4 is 5.32 Å². The van der Waals surface area contributed by atoms with Gasteiger partial charge in [0.2, 0.25) is 5.13 Å². The van der Waals surface area contributed by atoms with Gasteiger partial charge in [0.15, 0.2) is 0 Å². The molecule has 2 heterocycles. The molecule has 17 heavy (non-hydrogen) atoms. The highest BCUT2D eigenvalue weighted by Gasteiger charge is 2.31. The summed E-state index contributed by atoms with van der Waals surface area (Å²) in [4.78, 5) is 2.41. The smallest absolute Gasteiger partial charge is 0.225 e. The summed E-state index contributed by atoms with van der Waals surface area (Å²) in [7, 11) is 2.20. The third-order valence-electron chi connectivity index (χ3n) is 3.82. The second-order valence-corrected chi connectivity index (χ2v) is 6.32. The highest BCUT2D eigenvalue weighted by atomic mass is 32.1. The molecule has 2 rings (SSSR count). The number of nitrogens with zero attached hydrogens (tertiary/aromatic N) is 4. The molecule has 0 aromatic carbocycles. The van der Waals surface area contributed by atoms with E-state index < -0.39 is 0 Å². The lowest BCUT2D eigenvalue weighted by Gasteiger charge is -2.39. The molecule has 0 atom stereocenters. The molecule has 1 aliphatic heterocycles. The number of rotatable bonds is 4. The van der Waals surface area contributed by atoms with E-state index in [-0.39, 0.29) is 0 Å². The lowest BCUT2D eigenvalue weighted by Crippen LogP contribution is -2.40. The first-order chi connectivity index (χ1) is 8.08. The zero-order valence-corrected chi connectivity index (χ0v) is 11.6. The molecule has 96 valence electrons. The fourth-order valence-electron chi connectivity index (χ4n) is 2.44. The average molecular weight is 255 g/mol. The van der Waals surface area contributed by atoms with Gasteiger partial charge in [-0.25, -0.2) is 0 Å². The molecule has 6 heteroatoms. The third kappa shape index (κ3) is 3.35. The lowest BCUT2D eigenvalue weighted by molar-refractivity contribution is 0.124. The Kier molecular flexibility index (Phi) is 3.93. The number of nitrogens with one attached hydrogen (secondary N) is 1. The zero-order chi connectivity index (χ0) is 12.3. The van der Waals surface area contributed by atoms with Gasteiger partial charge in [-0.3, -0.25) is 0 Å². The molecular weight excluding hydrogens is 234 g/mol. The maximum atomic E-state index is 3.91. The Morgan fingerprint density at radius 2 is 2.12 bits per heavy atom. The van der Waals surface area contributed by atoms with E-state index in [0.717, 1.165) is 17.6 Å². The Morgan fingerprint density at radius 3 is 2.71 bits per heavy atom. The number of hydrogen-bond acceptors (Lipinski definition) is 6. The standard InChI is InChI=1S/C11H21N5S/c1-11(2,8-12-10-13-14-15-17-10)9-4-6-16(3)7-5-9/h9H,4-8H2,1-3H3,(H,12,13,15). The van der Waals surface area contributed by atoms with Crippen molar-refractivity contribution in [1.82, 2.24) is 19.7 Å². The van der Waals surface area contributed by atoms with Gasteiger partial charge in [-0.15, -0.1) is 0 Å². The Morgan fingerprint density at radius 1 is 1.41 bits per heavy atom. The summed E-state index contributed by atoms with van der Waals surface area (Å²) in [6.07, 6.45) is 2.58. The van der Waals surface area contributed by atoms with Crippen LogP contribution in [0.5, 0.6) is 0 Å². The van der Waals surface area contributed by atoms with Crippen LogP contribution in [0.15, 0.2) is 0 Å². The van der Waals surface area contributed by atoms with Gasteiger partial charge in [-0.1, -0.05) is 23.4 Å². The van der Waals surface area contributed by atoms with Gasteiger partial charge < -0.3 is 10.2 Å². The molecule has 1 fully saturated rings. The second-order valence-electron chi connectivity index (χ2n) is 5.59. The van der Waals surface area contributed by atoms with Crippen LogP contribution in [-0.2, 0) is 0 Å². The quantitative estimate of drug-likeness (QED) is 0.887. The summed E-state index contributed by atoms with van der Waals surface area (Å²) in [5.41, 5.74) is 0.299. The Hall–Kier alpha value is -0.750. The van der Waals surface area contributed by atoms with Crippen LogP contribution in [0.2, 0.25) is 0 Å². The Bertz CT molecular complexity index is 330. The van der Waals surface area contributed by atoms with E-state index in [4.69, 9.17) is 0 Å². The maximum Gasteiger partial charge on any atom is 0.225 e. The fourth-order valence-corrected chi connectivity index (χ4v) is 2.80. The van der Waals surface area contributed by atoms with Crippen molar-refractivity contribution in [1.29, 1.82) is 0 Å². The SMILES string of the molecule is CN1CCC(C(C)(C)CNc2nnns2)CC1. The van der Waals surface area contributed by atoms with Crippen LogP contribution >= 0.6 is 11.5 Å². The Balaban J connectivity index is 1.85. The van der Waals surface area contributed by atoms with E-state index in [0.29, 0.717) is 5.41 Å². The summed E-state index contributed by atoms with van der Waals surface area (Å²) in [5.74, 6) is 0.784. The van der Waals surface area contributed by atoms with Gasteiger partial charge in [0.05, 0.1) is 0 Å². The number of hydrogen-bond donors (Lipinski definition) is 1. The van der Waals surface area contributed by atoms with Crippen molar-refractivity contribution < 1.29 is 0 Å². The predicted molar refractivity (Wildman–Crippen MR) is 70.2 cm³/mol. The van der Waals surface area contributed by atoms with E-state index in [9.17, 15) is 0 Å². The molecule has 5 nitrogen and oxygen atoms in total. The number of anilines is 1. The number of piperidine rings is 1. The Labute approximate surface area is 107 Å². The van der Waals surface area contributed by atoms with Crippen molar-refractivity contribution in [2.75, 3.05) is 32.0 Å². The van der Waals surface area contributed by atoms with Gasteiger partial charge in [-0.2, -0.15) is 0 Å². The van der Waals surface area contributed by atoms with Gasteiger partial charge in [0.1, 0.15) is 0 Å². The van der Waals surface area contributed by atoms with Gasteiger partial charge in [0.25, 0.3) is 0 Å². The lowest BCUT2D eigenvalue weighted by atomic mass is 9.73. The molecule has 0 amide bonds. The minimum absolute atomic E-state index is 0.299. The van der Waals surface area contributed by atoms with Crippen molar-refractivity contribution in [3.8, 4) is 0 Å². The third-order valence-corrected chi connectivity index (χ3v) is 4.37. The molecule has 1 aromatic rings. The van der Waals surface area contributed by atoms with Gasteiger partial charge >= 0.3 is 0 Å². The molecule has 0 radical (unpaired) electrons. The van der Waals surface area contributed by atoms with Crippen molar-refractivity contribution in [3.63, 3.8) is 0 Å². The van der Waals surface area contributed by atoms with E-state index >= 15 is 0 Å². The first-order valence-electron chi connectivity index (χ1n) is 6.15. The van der Waals surface area contributed by atoms with Crippen molar-refractivity contribution in [2.45, 2.75) is 26.7 Å². The summed E-state index contributed by atoms with van der Waals surface area (Å²) in [6.45, 7) is 8.05. The molecular formula is C11H21N5S. The van der Waals surface area contributed by atoms with Crippen LogP contribution in [0, 0.1) is 11.3 Å². The molecule has 1 aliphatic rings. The minimum Gasteiger partial charge on any atom is -0.358 e. The van der Waals surface area contributed by atoms with Crippen LogP contribution in [0.3, 0.4) is 0 Å². The monoisotopic (exact) mass is 255 g/mol. The van der Waals surface area contributed by atoms with Crippen LogP contribution in [-0.4, -0.2) is 46.4 Å². The number of likely N-dealkylation sites (tertiary alicyclic amines) is 1. The summed E-state index contributed by atoms with van der Waals surface area (Å²) >= 11 is 1.32. The highest BCUT2D eigenvalue weighted by Crippen LogP contribution is 2.34. The number of aromatic nitrogens is 3. The van der Waals surface area contributed by atoms with Crippen molar-refractivity contribution in [3.05, 3.63) is 0 Å². The summed E-state index contributed by atoms with van der Waals surface area (Å²) in [6, 6.07) is 0. The molecule has 0 bridgehead atoms. The van der Waals surface area contributed by atoms with E-state index in [1.54, 1.807) is 0 Å². The van der Waals surface area contributed by atoms with Crippen molar-refractivity contribution in [2.24, 2.45) is 11.3 Å². The van der Waals surface area contributed by atoms with E-state index in [1.165, 1.54) is 37.5 Å². The largest absolute Gasteiger partial charge is 0.358 e. The van der Waals surface area contributed by atoms with E-state index in [1.807, 2.05) is 0 Å². The summed E-state index contributed by atoms with van der Waals surface area (Å²) in [5, 5.41) is 11.7. The highest BCUT2D eigenvalue weighted by molar-refractivity contribution is 7.09. The topological polar surface area (TPSA) is 53.9 Å². The molecule has 1 saturated heterocycles. The van der Waals surface area contributed by atoms with Crippen molar-refractivity contribution >= 4 is 16.7 Å². The maximum absolute atomic E-state index is 3.91. The molecule has 0 spiro atoms. The fraction of sp³-hybridized carbons (Fsp3) is 0.909. The summed E-state index contributed by atoms with van der Waals surface area (Å²) < 4.78 is 3.76. The average Bonchev–Trinajstić information content (AvgIpc) is 2.80. The first-order valence-corrected chi connectivity index (χ1v) is 6.93. The normalized spacial score (nSPS) is 19.5. The molecule has 0 saturated carbocycles. The zero-order valence-electron chi connectivity index (χ0n) is 10.8. The second kappa shape index (κ2) is 5.27. The van der Waals surface area contributed by atoms with Crippen LogP contribution in [0.1, 0.15) is 26.7 Å². The molecule has 1 N–H and O–H groups in total. The molecule has 1 aromatic heterocycles.